The second-order valence-corrected chi connectivity index (χ2v) is 7.81. The lowest BCUT2D eigenvalue weighted by molar-refractivity contribution is -0.130. The van der Waals surface area contributed by atoms with Crippen LogP contribution in [-0.4, -0.2) is 85.7 Å². The molecule has 0 atom stereocenters. The molecule has 2 aliphatic rings. The molecule has 0 saturated carbocycles. The first-order valence-corrected chi connectivity index (χ1v) is 9.64. The fourth-order valence-corrected chi connectivity index (χ4v) is 3.68. The molecule has 0 unspecified atom stereocenters. The highest BCUT2D eigenvalue weighted by Crippen LogP contribution is 2.25. The highest BCUT2D eigenvalue weighted by atomic mass is 16.5. The zero-order valence-corrected chi connectivity index (χ0v) is 17.2. The van der Waals surface area contributed by atoms with Gasteiger partial charge in [-0.2, -0.15) is 0 Å². The Bertz CT molecular complexity index is 729. The van der Waals surface area contributed by atoms with E-state index in [4.69, 9.17) is 9.47 Å². The van der Waals surface area contributed by atoms with Gasteiger partial charge < -0.3 is 14.8 Å². The Morgan fingerprint density at radius 3 is 2.25 bits per heavy atom. The maximum Gasteiger partial charge on any atom is 0.325 e. The summed E-state index contributed by atoms with van der Waals surface area (Å²) in [5.41, 5.74) is 0.308. The number of hydrogen-bond acceptors (Lipinski definition) is 6. The van der Waals surface area contributed by atoms with E-state index in [9.17, 15) is 9.59 Å². The van der Waals surface area contributed by atoms with E-state index >= 15 is 0 Å². The maximum atomic E-state index is 12.3. The molecule has 0 radical (unpaired) electrons. The van der Waals surface area contributed by atoms with Gasteiger partial charge in [-0.15, -0.1) is 0 Å². The fraction of sp³-hybridized carbons (Fsp3) is 0.600. The zero-order chi connectivity index (χ0) is 20.3. The molecule has 3 amide bonds. The fourth-order valence-electron chi connectivity index (χ4n) is 3.68. The van der Waals surface area contributed by atoms with E-state index in [1.54, 1.807) is 28.1 Å². The minimum Gasteiger partial charge on any atom is -0.497 e. The Morgan fingerprint density at radius 1 is 1.00 bits per heavy atom. The van der Waals surface area contributed by atoms with Crippen LogP contribution in [0, 0.1) is 0 Å². The van der Waals surface area contributed by atoms with Gasteiger partial charge in [-0.3, -0.25) is 19.5 Å². The predicted octanol–water partition coefficient (Wildman–Crippen LogP) is 1.15. The molecule has 2 aliphatic heterocycles. The number of hydrogen-bond donors (Lipinski definition) is 1. The summed E-state index contributed by atoms with van der Waals surface area (Å²) in [6.07, 6.45) is 0. The summed E-state index contributed by atoms with van der Waals surface area (Å²) in [6.45, 7) is 9.05. The summed E-state index contributed by atoms with van der Waals surface area (Å²) in [5, 5.41) is 2.72. The van der Waals surface area contributed by atoms with E-state index in [0.717, 1.165) is 49.8 Å². The Labute approximate surface area is 166 Å². The molecule has 0 aliphatic carbocycles. The summed E-state index contributed by atoms with van der Waals surface area (Å²) in [6, 6.07) is 5.56. The molecule has 1 aromatic carbocycles. The molecule has 2 fully saturated rings. The van der Waals surface area contributed by atoms with E-state index in [2.05, 4.69) is 15.1 Å². The van der Waals surface area contributed by atoms with Crippen LogP contribution in [-0.2, 0) is 11.3 Å². The van der Waals surface area contributed by atoms with Crippen molar-refractivity contribution in [1.29, 1.82) is 0 Å². The van der Waals surface area contributed by atoms with Crippen LogP contribution in [0.1, 0.15) is 19.4 Å². The van der Waals surface area contributed by atoms with Crippen LogP contribution in [0.15, 0.2) is 18.2 Å². The Hall–Kier alpha value is -2.32. The number of urea groups is 1. The van der Waals surface area contributed by atoms with Gasteiger partial charge in [0.1, 0.15) is 17.0 Å². The van der Waals surface area contributed by atoms with Gasteiger partial charge in [0, 0.05) is 51.4 Å². The van der Waals surface area contributed by atoms with Crippen LogP contribution in [0.2, 0.25) is 0 Å². The number of imide groups is 1. The highest BCUT2D eigenvalue weighted by molar-refractivity contribution is 6.06. The smallest absolute Gasteiger partial charge is 0.325 e. The van der Waals surface area contributed by atoms with Gasteiger partial charge in [0.05, 0.1) is 14.2 Å². The molecule has 154 valence electrons. The normalized spacial score (nSPS) is 20.4. The van der Waals surface area contributed by atoms with Crippen molar-refractivity contribution in [3.8, 4) is 11.5 Å². The molecular formula is C20H30N4O4. The monoisotopic (exact) mass is 390 g/mol. The number of nitrogens with zero attached hydrogens (tertiary/aromatic N) is 3. The van der Waals surface area contributed by atoms with E-state index in [1.165, 1.54) is 4.90 Å². The van der Waals surface area contributed by atoms with Gasteiger partial charge in [0.15, 0.2) is 0 Å². The third-order valence-corrected chi connectivity index (χ3v) is 5.43. The van der Waals surface area contributed by atoms with Crippen molar-refractivity contribution in [2.24, 2.45) is 0 Å². The van der Waals surface area contributed by atoms with Crippen LogP contribution in [0.3, 0.4) is 0 Å². The van der Waals surface area contributed by atoms with Gasteiger partial charge in [-0.25, -0.2) is 4.79 Å². The number of piperazine rings is 1. The summed E-state index contributed by atoms with van der Waals surface area (Å²) < 4.78 is 10.8. The minimum atomic E-state index is -0.800. The number of nitrogens with one attached hydrogen (secondary N) is 1. The first-order chi connectivity index (χ1) is 13.3. The lowest BCUT2D eigenvalue weighted by Crippen LogP contribution is -2.49. The topological polar surface area (TPSA) is 74.4 Å². The van der Waals surface area contributed by atoms with Gasteiger partial charge in [-0.05, 0) is 32.0 Å². The number of benzene rings is 1. The first-order valence-electron chi connectivity index (χ1n) is 9.64. The summed E-state index contributed by atoms with van der Waals surface area (Å²) in [4.78, 5) is 30.3. The summed E-state index contributed by atoms with van der Waals surface area (Å²) >= 11 is 0. The molecule has 2 heterocycles. The third-order valence-electron chi connectivity index (χ3n) is 5.43. The van der Waals surface area contributed by atoms with E-state index in [0.29, 0.717) is 13.1 Å². The molecule has 0 aromatic heterocycles. The molecule has 8 nitrogen and oxygen atoms in total. The Kier molecular flexibility index (Phi) is 6.10. The van der Waals surface area contributed by atoms with Crippen LogP contribution >= 0.6 is 0 Å². The van der Waals surface area contributed by atoms with Gasteiger partial charge >= 0.3 is 6.03 Å². The minimum absolute atomic E-state index is 0.152. The zero-order valence-electron chi connectivity index (χ0n) is 17.2. The van der Waals surface area contributed by atoms with Crippen molar-refractivity contribution < 1.29 is 19.1 Å². The largest absolute Gasteiger partial charge is 0.497 e. The summed E-state index contributed by atoms with van der Waals surface area (Å²) in [7, 11) is 3.34. The molecule has 8 heteroatoms. The average molecular weight is 390 g/mol. The quantitative estimate of drug-likeness (QED) is 0.704. The lowest BCUT2D eigenvalue weighted by atomic mass is 10.1. The second kappa shape index (κ2) is 8.36. The van der Waals surface area contributed by atoms with Crippen molar-refractivity contribution >= 4 is 11.9 Å². The Morgan fingerprint density at radius 2 is 1.68 bits per heavy atom. The molecule has 28 heavy (non-hydrogen) atoms. The van der Waals surface area contributed by atoms with Gasteiger partial charge in [0.25, 0.3) is 5.91 Å². The summed E-state index contributed by atoms with van der Waals surface area (Å²) in [5.74, 6) is 1.54. The number of carbonyl (C=O) groups is 2. The van der Waals surface area contributed by atoms with E-state index in [1.807, 2.05) is 18.2 Å². The molecule has 0 spiro atoms. The van der Waals surface area contributed by atoms with Crippen molar-refractivity contribution in [2.45, 2.75) is 25.9 Å². The SMILES string of the molecule is COc1ccc(OC)c(CN2CCN(CCN3C(=O)NC(C)(C)C3=O)CC2)c1. The first kappa shape index (κ1) is 20.4. The molecule has 0 bridgehead atoms. The van der Waals surface area contributed by atoms with E-state index < -0.39 is 5.54 Å². The Balaban J connectivity index is 1.49. The van der Waals surface area contributed by atoms with Gasteiger partial charge in [-0.1, -0.05) is 0 Å². The molecule has 3 rings (SSSR count). The number of methoxy groups -OCH3 is 2. The van der Waals surface area contributed by atoms with Crippen molar-refractivity contribution in [3.05, 3.63) is 23.8 Å². The van der Waals surface area contributed by atoms with Crippen LogP contribution in [0.4, 0.5) is 4.79 Å². The van der Waals surface area contributed by atoms with Crippen molar-refractivity contribution in [1.82, 2.24) is 20.0 Å². The number of ether oxygens (including phenoxy) is 2. The molecule has 1 N–H and O–H groups in total. The van der Waals surface area contributed by atoms with Gasteiger partial charge in [0.2, 0.25) is 0 Å². The lowest BCUT2D eigenvalue weighted by Gasteiger charge is -2.35. The average Bonchev–Trinajstić information content (AvgIpc) is 2.88. The third kappa shape index (κ3) is 4.39. The van der Waals surface area contributed by atoms with E-state index in [-0.39, 0.29) is 11.9 Å². The molecule has 2 saturated heterocycles. The number of carbonyl (C=O) groups excluding carboxylic acids is 2. The highest BCUT2D eigenvalue weighted by Gasteiger charge is 2.44. The standard InChI is InChI=1S/C20H30N4O4/c1-20(2)18(25)24(19(26)21-20)12-11-22-7-9-23(10-8-22)14-15-13-16(27-3)5-6-17(15)28-4/h5-6,13H,7-12,14H2,1-4H3,(H,21,26). The van der Waals surface area contributed by atoms with Crippen LogP contribution in [0.25, 0.3) is 0 Å². The number of amides is 3. The predicted molar refractivity (Wildman–Crippen MR) is 106 cm³/mol. The van der Waals surface area contributed by atoms with Crippen LogP contribution in [0.5, 0.6) is 11.5 Å². The molecule has 1 aromatic rings. The van der Waals surface area contributed by atoms with Crippen LogP contribution < -0.4 is 14.8 Å². The second-order valence-electron chi connectivity index (χ2n) is 7.81. The van der Waals surface area contributed by atoms with Crippen molar-refractivity contribution in [3.63, 3.8) is 0 Å². The molecular weight excluding hydrogens is 360 g/mol. The van der Waals surface area contributed by atoms with Crippen molar-refractivity contribution in [2.75, 3.05) is 53.5 Å². The maximum absolute atomic E-state index is 12.3. The number of rotatable bonds is 7.